The van der Waals surface area contributed by atoms with Crippen LogP contribution >= 0.6 is 11.8 Å². The fraction of sp³-hybridized carbons (Fsp3) is 0.286. The van der Waals surface area contributed by atoms with Gasteiger partial charge in [0.05, 0.1) is 17.8 Å². The fourth-order valence-electron chi connectivity index (χ4n) is 1.79. The molecule has 0 atom stereocenters. The summed E-state index contributed by atoms with van der Waals surface area (Å²) in [7, 11) is 1.70. The van der Waals surface area contributed by atoms with Gasteiger partial charge in [0.15, 0.2) is 0 Å². The first-order valence-corrected chi connectivity index (χ1v) is 6.74. The Morgan fingerprint density at radius 1 is 1.22 bits per heavy atom. The summed E-state index contributed by atoms with van der Waals surface area (Å²) in [5.41, 5.74) is 3.23. The van der Waals surface area contributed by atoms with E-state index in [0.29, 0.717) is 0 Å². The van der Waals surface area contributed by atoms with Crippen molar-refractivity contribution in [3.8, 4) is 5.75 Å². The third-order valence-electron chi connectivity index (χ3n) is 2.74. The van der Waals surface area contributed by atoms with E-state index in [1.807, 2.05) is 38.2 Å². The Morgan fingerprint density at radius 3 is 2.72 bits per heavy atom. The minimum atomic E-state index is 0.805. The number of rotatable bonds is 4. The minimum absolute atomic E-state index is 0.805. The highest BCUT2D eigenvalue weighted by Gasteiger charge is 2.09. The van der Waals surface area contributed by atoms with Gasteiger partial charge < -0.3 is 4.74 Å². The second-order valence-electron chi connectivity index (χ2n) is 4.00. The smallest absolute Gasteiger partial charge is 0.128 e. The molecule has 2 rings (SSSR count). The Morgan fingerprint density at radius 2 is 2.06 bits per heavy atom. The Kier molecular flexibility index (Phi) is 4.20. The molecule has 0 unspecified atom stereocenters. The molecule has 3 nitrogen and oxygen atoms in total. The average Bonchev–Trinajstić information content (AvgIpc) is 2.40. The van der Waals surface area contributed by atoms with Crippen molar-refractivity contribution in [2.45, 2.75) is 24.6 Å². The van der Waals surface area contributed by atoms with Crippen LogP contribution in [-0.2, 0) is 5.75 Å². The van der Waals surface area contributed by atoms with Crippen LogP contribution in [0, 0.1) is 13.8 Å². The van der Waals surface area contributed by atoms with Gasteiger partial charge in [-0.15, -0.1) is 11.8 Å². The van der Waals surface area contributed by atoms with Gasteiger partial charge in [0.2, 0.25) is 0 Å². The number of aryl methyl sites for hydroxylation is 1. The van der Waals surface area contributed by atoms with Gasteiger partial charge in [-0.3, -0.25) is 4.98 Å². The highest BCUT2D eigenvalue weighted by molar-refractivity contribution is 7.98. The third-order valence-corrected chi connectivity index (χ3v) is 3.70. The molecule has 0 amide bonds. The predicted molar refractivity (Wildman–Crippen MR) is 74.1 cm³/mol. The largest absolute Gasteiger partial charge is 0.496 e. The van der Waals surface area contributed by atoms with Crippen LogP contribution in [0.15, 0.2) is 35.6 Å². The van der Waals surface area contributed by atoms with Crippen LogP contribution in [0.25, 0.3) is 0 Å². The van der Waals surface area contributed by atoms with Crippen molar-refractivity contribution < 1.29 is 4.74 Å². The molecule has 0 saturated carbocycles. The highest BCUT2D eigenvalue weighted by Crippen LogP contribution is 2.28. The number of hydrogen-bond acceptors (Lipinski definition) is 4. The topological polar surface area (TPSA) is 35.0 Å². The number of hydrogen-bond donors (Lipinski definition) is 0. The zero-order valence-corrected chi connectivity index (χ0v) is 11.6. The van der Waals surface area contributed by atoms with Gasteiger partial charge in [-0.05, 0) is 26.0 Å². The van der Waals surface area contributed by atoms with E-state index < -0.39 is 0 Å². The Hall–Kier alpha value is -1.55. The zero-order valence-electron chi connectivity index (χ0n) is 10.8. The summed E-state index contributed by atoms with van der Waals surface area (Å²) >= 11 is 1.68. The maximum atomic E-state index is 5.40. The lowest BCUT2D eigenvalue weighted by Crippen LogP contribution is -1.98. The molecule has 0 radical (unpaired) electrons. The lowest BCUT2D eigenvalue weighted by molar-refractivity contribution is 0.407. The minimum Gasteiger partial charge on any atom is -0.496 e. The molecule has 0 spiro atoms. The lowest BCUT2D eigenvalue weighted by Gasteiger charge is -2.11. The molecule has 2 heterocycles. The second kappa shape index (κ2) is 5.87. The van der Waals surface area contributed by atoms with E-state index in [0.717, 1.165) is 33.3 Å². The van der Waals surface area contributed by atoms with Gasteiger partial charge in [-0.25, -0.2) is 4.98 Å². The first kappa shape index (κ1) is 12.9. The average molecular weight is 260 g/mol. The number of methoxy groups -OCH3 is 1. The maximum absolute atomic E-state index is 5.40. The predicted octanol–water partition coefficient (Wildman–Crippen LogP) is 3.39. The quantitative estimate of drug-likeness (QED) is 0.789. The molecule has 0 N–H and O–H groups in total. The van der Waals surface area contributed by atoms with Crippen molar-refractivity contribution in [2.24, 2.45) is 0 Å². The van der Waals surface area contributed by atoms with Gasteiger partial charge >= 0.3 is 0 Å². The van der Waals surface area contributed by atoms with Crippen molar-refractivity contribution in [1.82, 2.24) is 9.97 Å². The van der Waals surface area contributed by atoms with Crippen molar-refractivity contribution in [3.63, 3.8) is 0 Å². The van der Waals surface area contributed by atoms with E-state index in [2.05, 4.69) is 9.97 Å². The normalized spacial score (nSPS) is 10.4. The molecule has 0 aliphatic heterocycles. The van der Waals surface area contributed by atoms with E-state index in [4.69, 9.17) is 4.74 Å². The molecule has 2 aromatic heterocycles. The SMILES string of the molecule is COc1c(C)cnc(CSc2ccccn2)c1C. The van der Waals surface area contributed by atoms with Crippen LogP contribution in [-0.4, -0.2) is 17.1 Å². The summed E-state index contributed by atoms with van der Waals surface area (Å²) in [6, 6.07) is 5.92. The zero-order chi connectivity index (χ0) is 13.0. The Labute approximate surface area is 112 Å². The molecule has 0 aliphatic rings. The summed E-state index contributed by atoms with van der Waals surface area (Å²) in [5.74, 6) is 1.74. The van der Waals surface area contributed by atoms with Crippen molar-refractivity contribution in [3.05, 3.63) is 47.4 Å². The summed E-state index contributed by atoms with van der Waals surface area (Å²) in [5, 5.41) is 1.01. The van der Waals surface area contributed by atoms with Crippen LogP contribution < -0.4 is 4.74 Å². The van der Waals surface area contributed by atoms with Crippen molar-refractivity contribution >= 4 is 11.8 Å². The van der Waals surface area contributed by atoms with E-state index in [9.17, 15) is 0 Å². The molecule has 2 aromatic rings. The van der Waals surface area contributed by atoms with E-state index in [1.165, 1.54) is 0 Å². The number of nitrogens with zero attached hydrogens (tertiary/aromatic N) is 2. The van der Waals surface area contributed by atoms with Crippen LogP contribution in [0.2, 0.25) is 0 Å². The van der Waals surface area contributed by atoms with Gasteiger partial charge in [0, 0.05) is 29.3 Å². The number of aromatic nitrogens is 2. The molecule has 0 aliphatic carbocycles. The van der Waals surface area contributed by atoms with Crippen molar-refractivity contribution in [2.75, 3.05) is 7.11 Å². The molecule has 0 bridgehead atoms. The maximum Gasteiger partial charge on any atom is 0.128 e. The van der Waals surface area contributed by atoms with Crippen LogP contribution in [0.1, 0.15) is 16.8 Å². The highest BCUT2D eigenvalue weighted by atomic mass is 32.2. The van der Waals surface area contributed by atoms with E-state index >= 15 is 0 Å². The van der Waals surface area contributed by atoms with Crippen LogP contribution in [0.3, 0.4) is 0 Å². The molecule has 0 saturated heterocycles. The Bertz CT molecular complexity index is 529. The summed E-state index contributed by atoms with van der Waals surface area (Å²) in [4.78, 5) is 8.76. The standard InChI is InChI=1S/C14H16N2OS/c1-10-8-16-12(11(2)14(10)17-3)9-18-13-6-4-5-7-15-13/h4-8H,9H2,1-3H3. The fourth-order valence-corrected chi connectivity index (χ4v) is 2.68. The molecule has 94 valence electrons. The monoisotopic (exact) mass is 260 g/mol. The molecular weight excluding hydrogens is 244 g/mol. The first-order chi connectivity index (χ1) is 8.72. The number of thioether (sulfide) groups is 1. The Balaban J connectivity index is 2.15. The van der Waals surface area contributed by atoms with E-state index in [-0.39, 0.29) is 0 Å². The third kappa shape index (κ3) is 2.82. The van der Waals surface area contributed by atoms with E-state index in [1.54, 1.807) is 25.1 Å². The molecule has 0 aromatic carbocycles. The molecule has 0 fully saturated rings. The molecule has 4 heteroatoms. The van der Waals surface area contributed by atoms with Crippen molar-refractivity contribution in [1.29, 1.82) is 0 Å². The summed E-state index contributed by atoms with van der Waals surface area (Å²) in [6.07, 6.45) is 3.67. The van der Waals surface area contributed by atoms with Crippen LogP contribution in [0.4, 0.5) is 0 Å². The molecule has 18 heavy (non-hydrogen) atoms. The lowest BCUT2D eigenvalue weighted by atomic mass is 10.1. The summed E-state index contributed by atoms with van der Waals surface area (Å²) < 4.78 is 5.40. The van der Waals surface area contributed by atoms with Gasteiger partial charge in [-0.1, -0.05) is 6.07 Å². The number of ether oxygens (including phenoxy) is 1. The van der Waals surface area contributed by atoms with Gasteiger partial charge in [-0.2, -0.15) is 0 Å². The van der Waals surface area contributed by atoms with Crippen LogP contribution in [0.5, 0.6) is 5.75 Å². The second-order valence-corrected chi connectivity index (χ2v) is 5.00. The summed E-state index contributed by atoms with van der Waals surface area (Å²) in [6.45, 7) is 4.06. The van der Waals surface area contributed by atoms with Gasteiger partial charge in [0.25, 0.3) is 0 Å². The number of pyridine rings is 2. The first-order valence-electron chi connectivity index (χ1n) is 5.75. The van der Waals surface area contributed by atoms with Gasteiger partial charge in [0.1, 0.15) is 5.75 Å². The molecular formula is C14H16N2OS.